The van der Waals surface area contributed by atoms with Crippen molar-refractivity contribution >= 4 is 23.3 Å². The van der Waals surface area contributed by atoms with E-state index in [9.17, 15) is 9.59 Å². The standard InChI is InChI=1S/C38H52N4O5/c1-6-9-22-41-23-20-35(21-24-41)46-33-15-10-29(11-16-33)37(43)42(25-26-45-5)32-13-17-34(18-14-32)47-36-19-12-31(27-28(36)4)40-38(44)39-30(7-2)8-3/h10-19,27,30,35H,6-9,20-26H2,1-5H3,(H2,39,40,44). The number of amides is 3. The summed E-state index contributed by atoms with van der Waals surface area (Å²) in [5, 5.41) is 5.88. The third kappa shape index (κ3) is 10.7. The lowest BCUT2D eigenvalue weighted by Gasteiger charge is -2.32. The van der Waals surface area contributed by atoms with Crippen LogP contribution in [-0.2, 0) is 4.74 Å². The highest BCUT2D eigenvalue weighted by atomic mass is 16.5. The second-order valence-electron chi connectivity index (χ2n) is 12.2. The summed E-state index contributed by atoms with van der Waals surface area (Å²) in [5.74, 6) is 2.00. The summed E-state index contributed by atoms with van der Waals surface area (Å²) < 4.78 is 17.7. The Morgan fingerprint density at radius 2 is 1.62 bits per heavy atom. The van der Waals surface area contributed by atoms with Crippen LogP contribution in [0.25, 0.3) is 0 Å². The maximum Gasteiger partial charge on any atom is 0.319 e. The zero-order valence-corrected chi connectivity index (χ0v) is 28.7. The summed E-state index contributed by atoms with van der Waals surface area (Å²) >= 11 is 0. The van der Waals surface area contributed by atoms with Gasteiger partial charge in [0.1, 0.15) is 23.4 Å². The second kappa shape index (κ2) is 18.3. The Kier molecular flexibility index (Phi) is 13.9. The predicted molar refractivity (Wildman–Crippen MR) is 189 cm³/mol. The average molecular weight is 645 g/mol. The molecule has 1 saturated heterocycles. The number of likely N-dealkylation sites (tertiary alicyclic amines) is 1. The molecule has 1 aliphatic rings. The maximum atomic E-state index is 13.7. The van der Waals surface area contributed by atoms with Crippen LogP contribution in [0.15, 0.2) is 66.7 Å². The number of urea groups is 1. The Balaban J connectivity index is 1.35. The molecule has 1 heterocycles. The van der Waals surface area contributed by atoms with E-state index >= 15 is 0 Å². The van der Waals surface area contributed by atoms with E-state index < -0.39 is 0 Å². The number of unbranched alkanes of at least 4 members (excludes halogenated alkanes) is 1. The van der Waals surface area contributed by atoms with Gasteiger partial charge in [0, 0.05) is 49.7 Å². The van der Waals surface area contributed by atoms with Crippen molar-refractivity contribution in [3.63, 3.8) is 0 Å². The topological polar surface area (TPSA) is 92.4 Å². The smallest absolute Gasteiger partial charge is 0.319 e. The molecule has 4 rings (SSSR count). The van der Waals surface area contributed by atoms with E-state index in [1.807, 2.05) is 73.7 Å². The quantitative estimate of drug-likeness (QED) is 0.164. The summed E-state index contributed by atoms with van der Waals surface area (Å²) in [6.45, 7) is 12.4. The molecule has 0 bridgehead atoms. The van der Waals surface area contributed by atoms with Crippen LogP contribution in [0.2, 0.25) is 0 Å². The maximum absolute atomic E-state index is 13.7. The first-order valence-corrected chi connectivity index (χ1v) is 17.1. The third-order valence-corrected chi connectivity index (χ3v) is 8.66. The lowest BCUT2D eigenvalue weighted by molar-refractivity contribution is 0.0974. The Morgan fingerprint density at radius 1 is 0.936 bits per heavy atom. The molecule has 0 saturated carbocycles. The van der Waals surface area contributed by atoms with E-state index in [2.05, 4.69) is 36.3 Å². The number of anilines is 2. The minimum Gasteiger partial charge on any atom is -0.490 e. The van der Waals surface area contributed by atoms with Crippen molar-refractivity contribution < 1.29 is 23.8 Å². The van der Waals surface area contributed by atoms with Gasteiger partial charge >= 0.3 is 6.03 Å². The number of nitrogens with one attached hydrogen (secondary N) is 2. The van der Waals surface area contributed by atoms with E-state index in [1.54, 1.807) is 12.0 Å². The van der Waals surface area contributed by atoms with Crippen molar-refractivity contribution in [2.75, 3.05) is 50.1 Å². The molecule has 3 amide bonds. The third-order valence-electron chi connectivity index (χ3n) is 8.66. The molecule has 0 aliphatic carbocycles. The molecule has 0 spiro atoms. The van der Waals surface area contributed by atoms with E-state index in [4.69, 9.17) is 14.2 Å². The number of carbonyl (C=O) groups is 2. The van der Waals surface area contributed by atoms with Crippen LogP contribution < -0.4 is 25.0 Å². The number of methoxy groups -OCH3 is 1. The summed E-state index contributed by atoms with van der Waals surface area (Å²) in [7, 11) is 1.63. The molecule has 47 heavy (non-hydrogen) atoms. The van der Waals surface area contributed by atoms with Gasteiger partial charge in [-0.05, 0) is 118 Å². The minimum absolute atomic E-state index is 0.112. The first kappa shape index (κ1) is 35.8. The minimum atomic E-state index is -0.215. The number of aryl methyl sites for hydroxylation is 1. The average Bonchev–Trinajstić information content (AvgIpc) is 3.09. The zero-order valence-electron chi connectivity index (χ0n) is 28.7. The number of ether oxygens (including phenoxy) is 3. The van der Waals surface area contributed by atoms with Gasteiger partial charge in [-0.25, -0.2) is 4.79 Å². The van der Waals surface area contributed by atoms with Crippen LogP contribution in [0.5, 0.6) is 17.2 Å². The summed E-state index contributed by atoms with van der Waals surface area (Å²) in [6.07, 6.45) is 6.48. The Labute approximate surface area is 280 Å². The van der Waals surface area contributed by atoms with Crippen LogP contribution in [0, 0.1) is 6.92 Å². The van der Waals surface area contributed by atoms with Crippen LogP contribution in [0.4, 0.5) is 16.2 Å². The predicted octanol–water partition coefficient (Wildman–Crippen LogP) is 8.03. The molecule has 1 aliphatic heterocycles. The van der Waals surface area contributed by atoms with E-state index in [-0.39, 0.29) is 24.1 Å². The molecule has 254 valence electrons. The lowest BCUT2D eigenvalue weighted by Crippen LogP contribution is -2.38. The molecule has 0 atom stereocenters. The van der Waals surface area contributed by atoms with Crippen molar-refractivity contribution in [3.05, 3.63) is 77.9 Å². The first-order valence-electron chi connectivity index (χ1n) is 17.1. The zero-order chi connectivity index (χ0) is 33.6. The van der Waals surface area contributed by atoms with Crippen molar-refractivity contribution in [3.8, 4) is 17.2 Å². The molecule has 1 fully saturated rings. The summed E-state index contributed by atoms with van der Waals surface area (Å²) in [4.78, 5) is 30.2. The highest BCUT2D eigenvalue weighted by Crippen LogP contribution is 2.30. The van der Waals surface area contributed by atoms with E-state index in [0.29, 0.717) is 35.9 Å². The number of benzene rings is 3. The van der Waals surface area contributed by atoms with Crippen molar-refractivity contribution in [1.82, 2.24) is 10.2 Å². The Morgan fingerprint density at radius 3 is 2.23 bits per heavy atom. The Hall–Kier alpha value is -4.08. The van der Waals surface area contributed by atoms with Gasteiger partial charge in [-0.15, -0.1) is 0 Å². The van der Waals surface area contributed by atoms with Crippen molar-refractivity contribution in [1.29, 1.82) is 0 Å². The van der Waals surface area contributed by atoms with Gasteiger partial charge in [0.25, 0.3) is 5.91 Å². The molecule has 2 N–H and O–H groups in total. The van der Waals surface area contributed by atoms with Gasteiger partial charge in [-0.3, -0.25) is 4.79 Å². The van der Waals surface area contributed by atoms with Gasteiger partial charge in [-0.2, -0.15) is 0 Å². The normalized spacial score (nSPS) is 13.7. The largest absolute Gasteiger partial charge is 0.490 e. The molecule has 9 nitrogen and oxygen atoms in total. The molecule has 3 aromatic carbocycles. The highest BCUT2D eigenvalue weighted by Gasteiger charge is 2.21. The number of hydrogen-bond donors (Lipinski definition) is 2. The van der Waals surface area contributed by atoms with Crippen LogP contribution in [0.3, 0.4) is 0 Å². The molecule has 9 heteroatoms. The van der Waals surface area contributed by atoms with Crippen LogP contribution >= 0.6 is 0 Å². The SMILES string of the molecule is CCCCN1CCC(Oc2ccc(C(=O)N(CCOC)c3ccc(Oc4ccc(NC(=O)NC(CC)CC)cc4C)cc3)cc2)CC1. The molecule has 0 radical (unpaired) electrons. The fraction of sp³-hybridized carbons (Fsp3) is 0.474. The van der Waals surface area contributed by atoms with Crippen molar-refractivity contribution in [2.24, 2.45) is 0 Å². The number of carbonyl (C=O) groups excluding carboxylic acids is 2. The fourth-order valence-corrected chi connectivity index (χ4v) is 5.70. The molecule has 3 aromatic rings. The van der Waals surface area contributed by atoms with E-state index in [1.165, 1.54) is 19.4 Å². The van der Waals surface area contributed by atoms with Crippen LogP contribution in [0.1, 0.15) is 75.2 Å². The fourth-order valence-electron chi connectivity index (χ4n) is 5.70. The number of piperidine rings is 1. The number of rotatable bonds is 16. The second-order valence-corrected chi connectivity index (χ2v) is 12.2. The van der Waals surface area contributed by atoms with Gasteiger partial charge in [-0.1, -0.05) is 27.2 Å². The summed E-state index contributed by atoms with van der Waals surface area (Å²) in [6, 6.07) is 20.4. The molecule has 0 aromatic heterocycles. The number of hydrogen-bond acceptors (Lipinski definition) is 6. The molecule has 0 unspecified atom stereocenters. The van der Waals surface area contributed by atoms with Gasteiger partial charge in [0.15, 0.2) is 0 Å². The van der Waals surface area contributed by atoms with Gasteiger partial charge < -0.3 is 34.6 Å². The van der Waals surface area contributed by atoms with Crippen molar-refractivity contribution in [2.45, 2.75) is 78.4 Å². The molecular weight excluding hydrogens is 592 g/mol. The highest BCUT2D eigenvalue weighted by molar-refractivity contribution is 6.06. The van der Waals surface area contributed by atoms with Crippen LogP contribution in [-0.4, -0.2) is 68.9 Å². The first-order chi connectivity index (χ1) is 22.8. The lowest BCUT2D eigenvalue weighted by atomic mass is 10.1. The molecular formula is C38H52N4O5. The number of nitrogens with zero attached hydrogens (tertiary/aromatic N) is 2. The Bertz CT molecular complexity index is 1400. The van der Waals surface area contributed by atoms with Gasteiger partial charge in [0.05, 0.1) is 6.61 Å². The monoisotopic (exact) mass is 644 g/mol. The van der Waals surface area contributed by atoms with E-state index in [0.717, 1.165) is 55.8 Å². The summed E-state index contributed by atoms with van der Waals surface area (Å²) in [5.41, 5.74) is 2.91. The van der Waals surface area contributed by atoms with Gasteiger partial charge in [0.2, 0.25) is 0 Å².